The topological polar surface area (TPSA) is 47.6 Å². The van der Waals surface area contributed by atoms with Gasteiger partial charge in [-0.15, -0.1) is 0 Å². The number of carbonyl (C=O) groups is 1. The first kappa shape index (κ1) is 13.4. The van der Waals surface area contributed by atoms with Gasteiger partial charge in [-0.25, -0.2) is 4.39 Å². The molecule has 0 saturated carbocycles. The molecule has 1 heterocycles. The number of rotatable bonds is 5. The average Bonchev–Trinajstić information content (AvgIpc) is 2.94. The monoisotopic (exact) mass is 287 g/mol. The molecular formula is C16H14FNO3. The van der Waals surface area contributed by atoms with Crippen molar-refractivity contribution < 1.29 is 18.7 Å². The van der Waals surface area contributed by atoms with Crippen LogP contribution in [0.25, 0.3) is 0 Å². The van der Waals surface area contributed by atoms with Crippen LogP contribution < -0.4 is 14.8 Å². The van der Waals surface area contributed by atoms with Crippen LogP contribution in [0.4, 0.5) is 10.1 Å². The van der Waals surface area contributed by atoms with Gasteiger partial charge in [0.25, 0.3) is 0 Å². The summed E-state index contributed by atoms with van der Waals surface area (Å²) in [5, 5.41) is 3.02. The van der Waals surface area contributed by atoms with E-state index in [-0.39, 0.29) is 18.4 Å². The largest absolute Gasteiger partial charge is 0.454 e. The molecule has 2 aromatic rings. The Morgan fingerprint density at radius 3 is 2.86 bits per heavy atom. The summed E-state index contributed by atoms with van der Waals surface area (Å²) in [6.45, 7) is 0.630. The maximum atomic E-state index is 13.0. The standard InChI is InChI=1S/C16H14FNO3/c17-12-2-1-3-13(9-12)18-7-6-14(19)11-4-5-15-16(8-11)21-10-20-15/h1-5,8-9,18H,6-7,10H2. The molecule has 0 amide bonds. The van der Waals surface area contributed by atoms with Crippen molar-refractivity contribution in [3.8, 4) is 11.5 Å². The Balaban J connectivity index is 1.57. The Hall–Kier alpha value is -2.56. The second-order valence-electron chi connectivity index (χ2n) is 4.68. The first-order chi connectivity index (χ1) is 10.2. The molecule has 0 bridgehead atoms. The second-order valence-corrected chi connectivity index (χ2v) is 4.68. The number of Topliss-reactive ketones (excluding diaryl/α,β-unsaturated/α-hetero) is 1. The quantitative estimate of drug-likeness (QED) is 0.858. The van der Waals surface area contributed by atoms with Crippen molar-refractivity contribution in [3.05, 3.63) is 53.8 Å². The van der Waals surface area contributed by atoms with Gasteiger partial charge in [0, 0.05) is 24.2 Å². The van der Waals surface area contributed by atoms with Crippen LogP contribution in [0, 0.1) is 5.82 Å². The summed E-state index contributed by atoms with van der Waals surface area (Å²) < 4.78 is 23.5. The first-order valence-electron chi connectivity index (χ1n) is 6.65. The van der Waals surface area contributed by atoms with Crippen molar-refractivity contribution in [3.63, 3.8) is 0 Å². The van der Waals surface area contributed by atoms with E-state index in [9.17, 15) is 9.18 Å². The van der Waals surface area contributed by atoms with Crippen LogP contribution in [0.2, 0.25) is 0 Å². The third-order valence-corrected chi connectivity index (χ3v) is 3.20. The summed E-state index contributed by atoms with van der Waals surface area (Å²) in [7, 11) is 0. The molecule has 1 aliphatic heterocycles. The second kappa shape index (κ2) is 5.83. The molecule has 1 N–H and O–H groups in total. The zero-order chi connectivity index (χ0) is 14.7. The van der Waals surface area contributed by atoms with E-state index in [1.807, 2.05) is 0 Å². The van der Waals surface area contributed by atoms with Gasteiger partial charge in [0.15, 0.2) is 17.3 Å². The van der Waals surface area contributed by atoms with Gasteiger partial charge in [0.1, 0.15) is 5.82 Å². The number of halogens is 1. The Morgan fingerprint density at radius 1 is 1.14 bits per heavy atom. The number of fused-ring (bicyclic) bond motifs is 1. The molecular weight excluding hydrogens is 273 g/mol. The molecule has 21 heavy (non-hydrogen) atoms. The summed E-state index contributed by atoms with van der Waals surface area (Å²) >= 11 is 0. The van der Waals surface area contributed by atoms with Gasteiger partial charge in [-0.1, -0.05) is 6.07 Å². The molecule has 0 atom stereocenters. The van der Waals surface area contributed by atoms with Gasteiger partial charge in [-0.05, 0) is 36.4 Å². The van der Waals surface area contributed by atoms with E-state index in [4.69, 9.17) is 9.47 Å². The fraction of sp³-hybridized carbons (Fsp3) is 0.188. The lowest BCUT2D eigenvalue weighted by atomic mass is 10.1. The van der Waals surface area contributed by atoms with Crippen LogP contribution in [0.3, 0.4) is 0 Å². The van der Waals surface area contributed by atoms with Gasteiger partial charge in [0.2, 0.25) is 6.79 Å². The van der Waals surface area contributed by atoms with E-state index in [0.29, 0.717) is 35.7 Å². The Morgan fingerprint density at radius 2 is 2.00 bits per heavy atom. The lowest BCUT2D eigenvalue weighted by Gasteiger charge is -2.06. The highest BCUT2D eigenvalue weighted by Crippen LogP contribution is 2.32. The van der Waals surface area contributed by atoms with Crippen molar-refractivity contribution >= 4 is 11.5 Å². The van der Waals surface area contributed by atoms with Crippen LogP contribution in [-0.4, -0.2) is 19.1 Å². The van der Waals surface area contributed by atoms with Crippen molar-refractivity contribution in [2.45, 2.75) is 6.42 Å². The summed E-state index contributed by atoms with van der Waals surface area (Å²) in [5.41, 5.74) is 1.24. The highest BCUT2D eigenvalue weighted by molar-refractivity contribution is 5.97. The summed E-state index contributed by atoms with van der Waals surface area (Å²) in [6.07, 6.45) is 0.316. The normalized spacial score (nSPS) is 12.2. The predicted octanol–water partition coefficient (Wildman–Crippen LogP) is 3.24. The van der Waals surface area contributed by atoms with Gasteiger partial charge in [0.05, 0.1) is 0 Å². The number of benzene rings is 2. The molecule has 0 aromatic heterocycles. The van der Waals surface area contributed by atoms with E-state index < -0.39 is 0 Å². The molecule has 0 unspecified atom stereocenters. The highest BCUT2D eigenvalue weighted by atomic mass is 19.1. The van der Waals surface area contributed by atoms with E-state index in [1.165, 1.54) is 12.1 Å². The summed E-state index contributed by atoms with van der Waals surface area (Å²) in [5.74, 6) is 0.947. The summed E-state index contributed by atoms with van der Waals surface area (Å²) in [6, 6.07) is 11.3. The maximum Gasteiger partial charge on any atom is 0.231 e. The lowest BCUT2D eigenvalue weighted by Crippen LogP contribution is -2.09. The molecule has 0 aliphatic carbocycles. The Kier molecular flexibility index (Phi) is 3.73. The fourth-order valence-corrected chi connectivity index (χ4v) is 2.13. The van der Waals surface area contributed by atoms with Crippen molar-refractivity contribution in [2.24, 2.45) is 0 Å². The fourth-order valence-electron chi connectivity index (χ4n) is 2.13. The minimum absolute atomic E-state index is 0.00259. The lowest BCUT2D eigenvalue weighted by molar-refractivity contribution is 0.0986. The highest BCUT2D eigenvalue weighted by Gasteiger charge is 2.15. The van der Waals surface area contributed by atoms with Gasteiger partial charge in [-0.3, -0.25) is 4.79 Å². The third kappa shape index (κ3) is 3.13. The predicted molar refractivity (Wildman–Crippen MR) is 76.4 cm³/mol. The number of ketones is 1. The van der Waals surface area contributed by atoms with Crippen LogP contribution in [0.1, 0.15) is 16.8 Å². The molecule has 0 spiro atoms. The molecule has 108 valence electrons. The van der Waals surface area contributed by atoms with E-state index in [1.54, 1.807) is 30.3 Å². The number of hydrogen-bond acceptors (Lipinski definition) is 4. The average molecular weight is 287 g/mol. The maximum absolute atomic E-state index is 13.0. The molecule has 0 saturated heterocycles. The Labute approximate surface area is 121 Å². The molecule has 0 fully saturated rings. The van der Waals surface area contributed by atoms with E-state index >= 15 is 0 Å². The third-order valence-electron chi connectivity index (χ3n) is 3.20. The molecule has 5 heteroatoms. The van der Waals surface area contributed by atoms with Gasteiger partial charge in [-0.2, -0.15) is 0 Å². The van der Waals surface area contributed by atoms with E-state index in [0.717, 1.165) is 0 Å². The summed E-state index contributed by atoms with van der Waals surface area (Å²) in [4.78, 5) is 12.1. The molecule has 0 radical (unpaired) electrons. The smallest absolute Gasteiger partial charge is 0.231 e. The van der Waals surface area contributed by atoms with Crippen LogP contribution in [0.5, 0.6) is 11.5 Å². The number of anilines is 1. The van der Waals surface area contributed by atoms with E-state index in [2.05, 4.69) is 5.32 Å². The number of ether oxygens (including phenoxy) is 2. The van der Waals surface area contributed by atoms with Crippen molar-refractivity contribution in [1.82, 2.24) is 0 Å². The minimum atomic E-state index is -0.304. The minimum Gasteiger partial charge on any atom is -0.454 e. The van der Waals surface area contributed by atoms with Gasteiger partial charge < -0.3 is 14.8 Å². The van der Waals surface area contributed by atoms with Crippen molar-refractivity contribution in [2.75, 3.05) is 18.7 Å². The number of carbonyl (C=O) groups excluding carboxylic acids is 1. The van der Waals surface area contributed by atoms with Crippen LogP contribution >= 0.6 is 0 Å². The van der Waals surface area contributed by atoms with Crippen LogP contribution in [0.15, 0.2) is 42.5 Å². The zero-order valence-electron chi connectivity index (χ0n) is 11.3. The SMILES string of the molecule is O=C(CCNc1cccc(F)c1)c1ccc2c(c1)OCO2. The molecule has 1 aliphatic rings. The van der Waals surface area contributed by atoms with Crippen molar-refractivity contribution in [1.29, 1.82) is 0 Å². The molecule has 4 nitrogen and oxygen atoms in total. The number of nitrogens with one attached hydrogen (secondary N) is 1. The number of hydrogen-bond donors (Lipinski definition) is 1. The zero-order valence-corrected chi connectivity index (χ0v) is 11.3. The molecule has 2 aromatic carbocycles. The Bertz CT molecular complexity index is 672. The molecule has 3 rings (SSSR count). The van der Waals surface area contributed by atoms with Crippen LogP contribution in [-0.2, 0) is 0 Å². The van der Waals surface area contributed by atoms with Gasteiger partial charge >= 0.3 is 0 Å². The first-order valence-corrected chi connectivity index (χ1v) is 6.65.